The second-order valence-corrected chi connectivity index (χ2v) is 5.39. The normalized spacial score (nSPS) is 12.7. The molecule has 2 heterocycles. The van der Waals surface area contributed by atoms with Crippen LogP contribution < -0.4 is 5.32 Å². The van der Waals surface area contributed by atoms with Gasteiger partial charge in [0.05, 0.1) is 11.3 Å². The maximum Gasteiger partial charge on any atom is 0.413 e. The summed E-state index contributed by atoms with van der Waals surface area (Å²) in [6, 6.07) is -0.101. The molecule has 0 aliphatic heterocycles. The van der Waals surface area contributed by atoms with Gasteiger partial charge >= 0.3 is 12.1 Å². The van der Waals surface area contributed by atoms with Crippen LogP contribution in [0.3, 0.4) is 0 Å². The van der Waals surface area contributed by atoms with E-state index in [4.69, 9.17) is 5.11 Å². The number of carboxylic acids is 1. The van der Waals surface area contributed by atoms with Crippen molar-refractivity contribution < 1.29 is 27.9 Å². The van der Waals surface area contributed by atoms with Crippen molar-refractivity contribution in [2.75, 3.05) is 0 Å². The van der Waals surface area contributed by atoms with Gasteiger partial charge in [0.2, 0.25) is 0 Å². The largest absolute Gasteiger partial charge is 0.477 e. The zero-order chi connectivity index (χ0) is 18.9. The molecule has 0 radical (unpaired) electrons. The molecule has 2 aromatic heterocycles. The molecule has 0 aliphatic carbocycles. The van der Waals surface area contributed by atoms with Crippen LogP contribution in [0.25, 0.3) is 0 Å². The van der Waals surface area contributed by atoms with E-state index in [1.54, 1.807) is 0 Å². The number of amides is 1. The number of halogens is 3. The first-order chi connectivity index (χ1) is 11.5. The summed E-state index contributed by atoms with van der Waals surface area (Å²) in [5, 5.41) is 14.6. The van der Waals surface area contributed by atoms with Gasteiger partial charge in [0.15, 0.2) is 6.04 Å². The van der Waals surface area contributed by atoms with Crippen molar-refractivity contribution in [2.45, 2.75) is 26.1 Å². The van der Waals surface area contributed by atoms with E-state index in [1.165, 1.54) is 25.6 Å². The summed E-state index contributed by atoms with van der Waals surface area (Å²) in [5.41, 5.74) is -0.193. The maximum atomic E-state index is 13.5. The average molecular weight is 356 g/mol. The summed E-state index contributed by atoms with van der Waals surface area (Å²) in [6.07, 6.45) is -3.82. The van der Waals surface area contributed by atoms with E-state index in [0.717, 1.165) is 18.3 Å². The maximum absolute atomic E-state index is 13.5. The summed E-state index contributed by atoms with van der Waals surface area (Å²) >= 11 is 0. The van der Waals surface area contributed by atoms with Gasteiger partial charge < -0.3 is 10.4 Å². The van der Waals surface area contributed by atoms with Crippen LogP contribution in [0.2, 0.25) is 0 Å². The van der Waals surface area contributed by atoms with Crippen LogP contribution in [0.4, 0.5) is 13.2 Å². The lowest BCUT2D eigenvalue weighted by Crippen LogP contribution is -2.38. The van der Waals surface area contributed by atoms with Crippen molar-refractivity contribution in [1.29, 1.82) is 0 Å². The lowest BCUT2D eigenvalue weighted by atomic mass is 10.0. The van der Waals surface area contributed by atoms with Crippen molar-refractivity contribution in [2.24, 2.45) is 7.05 Å². The van der Waals surface area contributed by atoms with Crippen LogP contribution in [0.1, 0.15) is 43.8 Å². The van der Waals surface area contributed by atoms with Crippen molar-refractivity contribution >= 4 is 11.9 Å². The molecule has 1 unspecified atom stereocenters. The number of carbonyl (C=O) groups is 2. The smallest absolute Gasteiger partial charge is 0.413 e. The standard InChI is InChI=1S/C15H15F3N4O3/c1-7-11(8(2)22(3)21-7)12(15(16,17)18)20-13(23)9-4-5-10(14(24)25)19-6-9/h4-6,12H,1-3H3,(H,20,23)(H,24,25). The number of aromatic carboxylic acids is 1. The number of aromatic nitrogens is 3. The molecule has 2 rings (SSSR count). The Labute approximate surface area is 140 Å². The third-order valence-corrected chi connectivity index (χ3v) is 3.70. The Morgan fingerprint density at radius 1 is 1.28 bits per heavy atom. The number of nitrogens with zero attached hydrogens (tertiary/aromatic N) is 3. The molecule has 2 aromatic rings. The molecule has 25 heavy (non-hydrogen) atoms. The zero-order valence-corrected chi connectivity index (χ0v) is 13.5. The number of carbonyl (C=O) groups excluding carboxylic acids is 1. The summed E-state index contributed by atoms with van der Waals surface area (Å²) in [5.74, 6) is -2.32. The Morgan fingerprint density at radius 3 is 2.32 bits per heavy atom. The molecule has 0 aromatic carbocycles. The predicted molar refractivity (Wildman–Crippen MR) is 80.1 cm³/mol. The number of rotatable bonds is 4. The van der Waals surface area contributed by atoms with Crippen molar-refractivity contribution in [3.8, 4) is 0 Å². The van der Waals surface area contributed by atoms with Gasteiger partial charge in [-0.2, -0.15) is 18.3 Å². The third-order valence-electron chi connectivity index (χ3n) is 3.70. The SMILES string of the molecule is Cc1nn(C)c(C)c1C(NC(=O)c1ccc(C(=O)O)nc1)C(F)(F)F. The first kappa shape index (κ1) is 18.4. The summed E-state index contributed by atoms with van der Waals surface area (Å²) < 4.78 is 41.7. The summed E-state index contributed by atoms with van der Waals surface area (Å²) in [6.45, 7) is 2.90. The van der Waals surface area contributed by atoms with Crippen molar-refractivity contribution in [3.05, 3.63) is 46.5 Å². The van der Waals surface area contributed by atoms with Crippen LogP contribution in [-0.2, 0) is 7.05 Å². The van der Waals surface area contributed by atoms with E-state index in [0.29, 0.717) is 0 Å². The molecule has 0 fully saturated rings. The Morgan fingerprint density at radius 2 is 1.92 bits per heavy atom. The molecule has 2 N–H and O–H groups in total. The second kappa shape index (κ2) is 6.54. The van der Waals surface area contributed by atoms with E-state index in [-0.39, 0.29) is 28.2 Å². The fraction of sp³-hybridized carbons (Fsp3) is 0.333. The van der Waals surface area contributed by atoms with Crippen LogP contribution in [0.15, 0.2) is 18.3 Å². The monoisotopic (exact) mass is 356 g/mol. The molecule has 0 saturated carbocycles. The number of hydrogen-bond acceptors (Lipinski definition) is 4. The minimum Gasteiger partial charge on any atom is -0.477 e. The minimum absolute atomic E-state index is 0.126. The minimum atomic E-state index is -4.73. The van der Waals surface area contributed by atoms with Gasteiger partial charge in [0.1, 0.15) is 5.69 Å². The number of carboxylic acid groups (broad SMARTS) is 1. The molecule has 1 atom stereocenters. The van der Waals surface area contributed by atoms with E-state index in [1.807, 2.05) is 5.32 Å². The topological polar surface area (TPSA) is 97.1 Å². The predicted octanol–water partition coefficient (Wildman–Crippen LogP) is 2.16. The Hall–Kier alpha value is -2.91. The molecule has 134 valence electrons. The molecule has 0 bridgehead atoms. The first-order valence-electron chi connectivity index (χ1n) is 7.09. The number of alkyl halides is 3. The van der Waals surface area contributed by atoms with Crippen LogP contribution >= 0.6 is 0 Å². The molecule has 0 spiro atoms. The van der Waals surface area contributed by atoms with Gasteiger partial charge in [-0.25, -0.2) is 9.78 Å². The quantitative estimate of drug-likeness (QED) is 0.875. The van der Waals surface area contributed by atoms with Gasteiger partial charge in [0, 0.05) is 24.5 Å². The van der Waals surface area contributed by atoms with Gasteiger partial charge in [-0.3, -0.25) is 9.48 Å². The molecular weight excluding hydrogens is 341 g/mol. The fourth-order valence-corrected chi connectivity index (χ4v) is 2.39. The van der Waals surface area contributed by atoms with Gasteiger partial charge in [0.25, 0.3) is 5.91 Å². The Kier molecular flexibility index (Phi) is 4.82. The molecule has 10 heteroatoms. The first-order valence-corrected chi connectivity index (χ1v) is 7.09. The highest BCUT2D eigenvalue weighted by molar-refractivity contribution is 5.95. The highest BCUT2D eigenvalue weighted by Crippen LogP contribution is 2.36. The highest BCUT2D eigenvalue weighted by Gasteiger charge is 2.44. The number of aryl methyl sites for hydroxylation is 2. The molecule has 0 saturated heterocycles. The number of nitrogens with one attached hydrogen (secondary N) is 1. The van der Waals surface area contributed by atoms with E-state index < -0.39 is 24.1 Å². The van der Waals surface area contributed by atoms with Crippen LogP contribution in [0, 0.1) is 13.8 Å². The number of pyridine rings is 1. The summed E-state index contributed by atoms with van der Waals surface area (Å²) in [7, 11) is 1.51. The second-order valence-electron chi connectivity index (χ2n) is 5.39. The van der Waals surface area contributed by atoms with Crippen LogP contribution in [0.5, 0.6) is 0 Å². The average Bonchev–Trinajstić information content (AvgIpc) is 2.76. The molecule has 7 nitrogen and oxygen atoms in total. The zero-order valence-electron chi connectivity index (χ0n) is 13.5. The van der Waals surface area contributed by atoms with E-state index in [9.17, 15) is 22.8 Å². The fourth-order valence-electron chi connectivity index (χ4n) is 2.39. The highest BCUT2D eigenvalue weighted by atomic mass is 19.4. The lowest BCUT2D eigenvalue weighted by Gasteiger charge is -2.22. The number of hydrogen-bond donors (Lipinski definition) is 2. The molecule has 0 aliphatic rings. The lowest BCUT2D eigenvalue weighted by molar-refractivity contribution is -0.155. The van der Waals surface area contributed by atoms with Crippen molar-refractivity contribution in [1.82, 2.24) is 20.1 Å². The van der Waals surface area contributed by atoms with Gasteiger partial charge in [-0.15, -0.1) is 0 Å². The molecule has 1 amide bonds. The van der Waals surface area contributed by atoms with E-state index in [2.05, 4.69) is 10.1 Å². The van der Waals surface area contributed by atoms with Crippen molar-refractivity contribution in [3.63, 3.8) is 0 Å². The van der Waals surface area contributed by atoms with E-state index >= 15 is 0 Å². The Bertz CT molecular complexity index is 813. The third kappa shape index (κ3) is 3.78. The van der Waals surface area contributed by atoms with Gasteiger partial charge in [-0.1, -0.05) is 0 Å². The Balaban J connectivity index is 2.34. The molecular formula is C15H15F3N4O3. The summed E-state index contributed by atoms with van der Waals surface area (Å²) in [4.78, 5) is 26.4. The van der Waals surface area contributed by atoms with Crippen LogP contribution in [-0.4, -0.2) is 37.9 Å². The van der Waals surface area contributed by atoms with Gasteiger partial charge in [-0.05, 0) is 26.0 Å².